The van der Waals surface area contributed by atoms with Crippen LogP contribution in [0.25, 0.3) is 0 Å². The van der Waals surface area contributed by atoms with Crippen molar-refractivity contribution >= 4 is 11.8 Å². The first kappa shape index (κ1) is 10.7. The molecule has 2 heterocycles. The highest BCUT2D eigenvalue weighted by atomic mass is 32.2. The molecule has 1 N–H and O–H groups in total. The van der Waals surface area contributed by atoms with Gasteiger partial charge in [-0.25, -0.2) is 4.98 Å². The lowest BCUT2D eigenvalue weighted by atomic mass is 10.1. The molecule has 5 heteroatoms. The van der Waals surface area contributed by atoms with Gasteiger partial charge < -0.3 is 10.1 Å². The summed E-state index contributed by atoms with van der Waals surface area (Å²) in [5.74, 6) is 0.683. The van der Waals surface area contributed by atoms with Crippen LogP contribution in [0.3, 0.4) is 0 Å². The third-order valence-electron chi connectivity index (χ3n) is 2.33. The molecule has 0 spiro atoms. The van der Waals surface area contributed by atoms with E-state index in [1.807, 2.05) is 12.3 Å². The van der Waals surface area contributed by atoms with Gasteiger partial charge in [-0.05, 0) is 25.6 Å². The molecule has 15 heavy (non-hydrogen) atoms. The SMILES string of the molecule is CSc1nccc(O[C@@H]2CCCNC2)n1. The van der Waals surface area contributed by atoms with Gasteiger partial charge in [0.1, 0.15) is 6.10 Å². The largest absolute Gasteiger partial charge is 0.473 e. The summed E-state index contributed by atoms with van der Waals surface area (Å²) in [4.78, 5) is 8.39. The van der Waals surface area contributed by atoms with Crippen LogP contribution in [0.5, 0.6) is 5.88 Å². The lowest BCUT2D eigenvalue weighted by molar-refractivity contribution is 0.159. The van der Waals surface area contributed by atoms with Crippen LogP contribution in [0.2, 0.25) is 0 Å². The van der Waals surface area contributed by atoms with E-state index < -0.39 is 0 Å². The molecule has 1 aliphatic rings. The molecule has 82 valence electrons. The number of ether oxygens (including phenoxy) is 1. The summed E-state index contributed by atoms with van der Waals surface area (Å²) in [7, 11) is 0. The second kappa shape index (κ2) is 5.32. The van der Waals surface area contributed by atoms with E-state index in [1.165, 1.54) is 18.2 Å². The zero-order chi connectivity index (χ0) is 10.5. The van der Waals surface area contributed by atoms with E-state index in [2.05, 4.69) is 15.3 Å². The number of piperidine rings is 1. The van der Waals surface area contributed by atoms with Crippen molar-refractivity contribution in [2.75, 3.05) is 19.3 Å². The number of nitrogens with zero attached hydrogens (tertiary/aromatic N) is 2. The molecule has 0 saturated carbocycles. The molecule has 1 fully saturated rings. The smallest absolute Gasteiger partial charge is 0.217 e. The monoisotopic (exact) mass is 225 g/mol. The number of rotatable bonds is 3. The van der Waals surface area contributed by atoms with Gasteiger partial charge in [0.25, 0.3) is 0 Å². The van der Waals surface area contributed by atoms with Gasteiger partial charge in [0.15, 0.2) is 5.16 Å². The van der Waals surface area contributed by atoms with Crippen LogP contribution >= 0.6 is 11.8 Å². The lowest BCUT2D eigenvalue weighted by Gasteiger charge is -2.23. The fourth-order valence-corrected chi connectivity index (χ4v) is 1.93. The molecular weight excluding hydrogens is 210 g/mol. The standard InChI is InChI=1S/C10H15N3OS/c1-15-10-12-6-4-9(13-10)14-8-3-2-5-11-7-8/h4,6,8,11H,2-3,5,7H2,1H3/t8-/m1/s1. The van der Waals surface area contributed by atoms with Crippen LogP contribution in [-0.2, 0) is 0 Å². The van der Waals surface area contributed by atoms with Crippen molar-refractivity contribution in [2.45, 2.75) is 24.1 Å². The maximum absolute atomic E-state index is 5.77. The van der Waals surface area contributed by atoms with Gasteiger partial charge in [-0.2, -0.15) is 4.98 Å². The van der Waals surface area contributed by atoms with Gasteiger partial charge in [-0.1, -0.05) is 11.8 Å². The van der Waals surface area contributed by atoms with Crippen LogP contribution < -0.4 is 10.1 Å². The third kappa shape index (κ3) is 3.07. The van der Waals surface area contributed by atoms with E-state index in [9.17, 15) is 0 Å². The summed E-state index contributed by atoms with van der Waals surface area (Å²) < 4.78 is 5.77. The van der Waals surface area contributed by atoms with Crippen LogP contribution in [0.15, 0.2) is 17.4 Å². The van der Waals surface area contributed by atoms with Gasteiger partial charge in [0.2, 0.25) is 5.88 Å². The Bertz CT molecular complexity index is 315. The van der Waals surface area contributed by atoms with E-state index in [0.29, 0.717) is 5.88 Å². The van der Waals surface area contributed by atoms with Gasteiger partial charge in [0.05, 0.1) is 0 Å². The molecule has 1 aromatic heterocycles. The topological polar surface area (TPSA) is 47.0 Å². The molecule has 2 rings (SSSR count). The highest BCUT2D eigenvalue weighted by Crippen LogP contribution is 2.15. The zero-order valence-electron chi connectivity index (χ0n) is 8.77. The second-order valence-corrected chi connectivity index (χ2v) is 4.24. The molecule has 0 aliphatic carbocycles. The highest BCUT2D eigenvalue weighted by Gasteiger charge is 2.14. The maximum atomic E-state index is 5.77. The van der Waals surface area contributed by atoms with E-state index in [0.717, 1.165) is 24.7 Å². The summed E-state index contributed by atoms with van der Waals surface area (Å²) in [6.45, 7) is 2.01. The predicted octanol–water partition coefficient (Wildman–Crippen LogP) is 1.33. The lowest BCUT2D eigenvalue weighted by Crippen LogP contribution is -2.37. The molecule has 0 unspecified atom stereocenters. The van der Waals surface area contributed by atoms with Crippen molar-refractivity contribution in [1.29, 1.82) is 0 Å². The Hall–Kier alpha value is -0.810. The molecular formula is C10H15N3OS. The summed E-state index contributed by atoms with van der Waals surface area (Å²) in [6, 6.07) is 1.81. The normalized spacial score (nSPS) is 21.3. The minimum absolute atomic E-state index is 0.253. The maximum Gasteiger partial charge on any atom is 0.217 e. The Labute approximate surface area is 93.8 Å². The number of hydrogen-bond acceptors (Lipinski definition) is 5. The minimum Gasteiger partial charge on any atom is -0.473 e. The fraction of sp³-hybridized carbons (Fsp3) is 0.600. The first-order valence-corrected chi connectivity index (χ1v) is 6.35. The number of aromatic nitrogens is 2. The summed E-state index contributed by atoms with van der Waals surface area (Å²) in [5, 5.41) is 4.07. The van der Waals surface area contributed by atoms with Crippen LogP contribution in [0.1, 0.15) is 12.8 Å². The van der Waals surface area contributed by atoms with Gasteiger partial charge in [-0.3, -0.25) is 0 Å². The Morgan fingerprint density at radius 1 is 1.60 bits per heavy atom. The van der Waals surface area contributed by atoms with Crippen molar-refractivity contribution < 1.29 is 4.74 Å². The average molecular weight is 225 g/mol. The van der Waals surface area contributed by atoms with Crippen LogP contribution in [0, 0.1) is 0 Å². The Morgan fingerprint density at radius 2 is 2.53 bits per heavy atom. The van der Waals surface area contributed by atoms with Crippen molar-refractivity contribution in [3.8, 4) is 5.88 Å². The molecule has 1 saturated heterocycles. The molecule has 0 radical (unpaired) electrons. The number of nitrogens with one attached hydrogen (secondary N) is 1. The van der Waals surface area contributed by atoms with Gasteiger partial charge >= 0.3 is 0 Å². The first-order chi connectivity index (χ1) is 7.38. The molecule has 1 atom stereocenters. The Kier molecular flexibility index (Phi) is 3.80. The molecule has 1 aromatic rings. The zero-order valence-corrected chi connectivity index (χ0v) is 9.59. The fourth-order valence-electron chi connectivity index (χ4n) is 1.58. The van der Waals surface area contributed by atoms with Crippen LogP contribution in [0.4, 0.5) is 0 Å². The summed E-state index contributed by atoms with van der Waals surface area (Å²) in [6.07, 6.45) is 6.23. The van der Waals surface area contributed by atoms with Crippen molar-refractivity contribution in [3.63, 3.8) is 0 Å². The molecule has 0 aromatic carbocycles. The van der Waals surface area contributed by atoms with E-state index in [-0.39, 0.29) is 6.10 Å². The molecule has 0 amide bonds. The van der Waals surface area contributed by atoms with Gasteiger partial charge in [-0.15, -0.1) is 0 Å². The van der Waals surface area contributed by atoms with Gasteiger partial charge in [0, 0.05) is 18.8 Å². The van der Waals surface area contributed by atoms with Crippen LogP contribution in [-0.4, -0.2) is 35.4 Å². The third-order valence-corrected chi connectivity index (χ3v) is 2.89. The Balaban J connectivity index is 1.96. The van der Waals surface area contributed by atoms with Crippen molar-refractivity contribution in [2.24, 2.45) is 0 Å². The van der Waals surface area contributed by atoms with E-state index >= 15 is 0 Å². The number of hydrogen-bond donors (Lipinski definition) is 1. The van der Waals surface area contributed by atoms with Crippen molar-refractivity contribution in [3.05, 3.63) is 12.3 Å². The first-order valence-electron chi connectivity index (χ1n) is 5.13. The van der Waals surface area contributed by atoms with Crippen molar-refractivity contribution in [1.82, 2.24) is 15.3 Å². The Morgan fingerprint density at radius 3 is 3.27 bits per heavy atom. The van der Waals surface area contributed by atoms with E-state index in [4.69, 9.17) is 4.74 Å². The highest BCUT2D eigenvalue weighted by molar-refractivity contribution is 7.98. The summed E-state index contributed by atoms with van der Waals surface area (Å²) in [5.41, 5.74) is 0. The number of thioether (sulfide) groups is 1. The predicted molar refractivity (Wildman–Crippen MR) is 60.3 cm³/mol. The quantitative estimate of drug-likeness (QED) is 0.621. The summed E-state index contributed by atoms with van der Waals surface area (Å²) >= 11 is 1.53. The minimum atomic E-state index is 0.253. The average Bonchev–Trinajstić information content (AvgIpc) is 2.31. The van der Waals surface area contributed by atoms with E-state index in [1.54, 1.807) is 6.20 Å². The second-order valence-electron chi connectivity index (χ2n) is 3.47. The molecule has 4 nitrogen and oxygen atoms in total. The molecule has 1 aliphatic heterocycles. The molecule has 0 bridgehead atoms.